The molecule has 1 rings (SSSR count). The van der Waals surface area contributed by atoms with Crippen LogP contribution in [0.3, 0.4) is 0 Å². The van der Waals surface area contributed by atoms with Gasteiger partial charge in [-0.2, -0.15) is 25.3 Å². The summed E-state index contributed by atoms with van der Waals surface area (Å²) in [7, 11) is 0. The van der Waals surface area contributed by atoms with Gasteiger partial charge in [0, 0.05) is 12.3 Å². The molecule has 12 heavy (non-hydrogen) atoms. The van der Waals surface area contributed by atoms with Crippen molar-refractivity contribution in [3.05, 3.63) is 0 Å². The molecule has 1 fully saturated rings. The van der Waals surface area contributed by atoms with Gasteiger partial charge >= 0.3 is 0 Å². The Kier molecular flexibility index (Phi) is 5.52. The molecule has 0 radical (unpaired) electrons. The van der Waals surface area contributed by atoms with Gasteiger partial charge in [0.1, 0.15) is 0 Å². The quantitative estimate of drug-likeness (QED) is 0.664. The second-order valence-electron chi connectivity index (χ2n) is 3.52. The minimum atomic E-state index is 0.943. The highest BCUT2D eigenvalue weighted by Gasteiger charge is 2.17. The average Bonchev–Trinajstić information content (AvgIpc) is 2.09. The summed E-state index contributed by atoms with van der Waals surface area (Å²) in [5, 5.41) is 0. The third-order valence-electron chi connectivity index (χ3n) is 2.66. The van der Waals surface area contributed by atoms with Crippen molar-refractivity contribution in [3.8, 4) is 0 Å². The fraction of sp³-hybridized carbons (Fsp3) is 1.00. The lowest BCUT2D eigenvalue weighted by Crippen LogP contribution is -2.35. The maximum absolute atomic E-state index is 4.27. The number of hydrogen-bond donors (Lipinski definition) is 2. The summed E-state index contributed by atoms with van der Waals surface area (Å²) in [4.78, 5) is 2.52. The second kappa shape index (κ2) is 6.17. The zero-order chi connectivity index (χ0) is 8.81. The lowest BCUT2D eigenvalue weighted by Gasteiger charge is -2.31. The number of thiol groups is 2. The zero-order valence-electron chi connectivity index (χ0n) is 7.58. The average molecular weight is 205 g/mol. The van der Waals surface area contributed by atoms with Gasteiger partial charge in [-0.15, -0.1) is 0 Å². The monoisotopic (exact) mass is 205 g/mol. The first-order valence-corrected chi connectivity index (χ1v) is 6.07. The van der Waals surface area contributed by atoms with Crippen LogP contribution in [0.25, 0.3) is 0 Å². The fourth-order valence-electron chi connectivity index (χ4n) is 1.82. The van der Waals surface area contributed by atoms with Crippen molar-refractivity contribution in [2.45, 2.75) is 19.3 Å². The van der Waals surface area contributed by atoms with Crippen LogP contribution in [0.1, 0.15) is 19.3 Å². The Morgan fingerprint density at radius 1 is 1.08 bits per heavy atom. The molecule has 72 valence electrons. The van der Waals surface area contributed by atoms with Crippen LogP contribution in [0.4, 0.5) is 0 Å². The zero-order valence-corrected chi connectivity index (χ0v) is 9.36. The maximum atomic E-state index is 4.27. The van der Waals surface area contributed by atoms with Crippen LogP contribution in [0.5, 0.6) is 0 Å². The molecule has 0 aromatic carbocycles. The van der Waals surface area contributed by atoms with E-state index in [0.29, 0.717) is 0 Å². The normalized spacial score (nSPS) is 21.5. The van der Waals surface area contributed by atoms with E-state index in [2.05, 4.69) is 30.2 Å². The first-order valence-electron chi connectivity index (χ1n) is 4.81. The number of hydrogen-bond acceptors (Lipinski definition) is 3. The highest BCUT2D eigenvalue weighted by atomic mass is 32.1. The minimum absolute atomic E-state index is 0.943. The Morgan fingerprint density at radius 3 is 2.25 bits per heavy atom. The predicted octanol–water partition coefficient (Wildman–Crippen LogP) is 1.95. The van der Waals surface area contributed by atoms with Crippen LogP contribution < -0.4 is 0 Å². The van der Waals surface area contributed by atoms with Crippen LogP contribution in [-0.4, -0.2) is 36.0 Å². The molecule has 3 heteroatoms. The van der Waals surface area contributed by atoms with E-state index < -0.39 is 0 Å². The van der Waals surface area contributed by atoms with Crippen molar-refractivity contribution in [2.24, 2.45) is 5.92 Å². The summed E-state index contributed by atoms with van der Waals surface area (Å²) in [6.07, 6.45) is 4.04. The van der Waals surface area contributed by atoms with E-state index in [-0.39, 0.29) is 0 Å². The third-order valence-corrected chi connectivity index (χ3v) is 3.12. The molecule has 0 bridgehead atoms. The Labute approximate surface area is 86.7 Å². The first-order chi connectivity index (χ1) is 5.86. The van der Waals surface area contributed by atoms with Crippen LogP contribution in [-0.2, 0) is 0 Å². The maximum Gasteiger partial charge on any atom is 0.00698 e. The summed E-state index contributed by atoms with van der Waals surface area (Å²) < 4.78 is 0. The van der Waals surface area contributed by atoms with Gasteiger partial charge < -0.3 is 4.90 Å². The Balaban J connectivity index is 2.11. The van der Waals surface area contributed by atoms with Crippen LogP contribution in [0.2, 0.25) is 0 Å². The topological polar surface area (TPSA) is 3.24 Å². The molecule has 1 saturated heterocycles. The summed E-state index contributed by atoms with van der Waals surface area (Å²) >= 11 is 8.51. The molecule has 1 aliphatic rings. The highest BCUT2D eigenvalue weighted by Crippen LogP contribution is 2.20. The van der Waals surface area contributed by atoms with Crippen LogP contribution in [0.15, 0.2) is 0 Å². The lowest BCUT2D eigenvalue weighted by atomic mass is 9.94. The summed E-state index contributed by atoms with van der Waals surface area (Å²) in [6, 6.07) is 0. The number of rotatable bonds is 4. The summed E-state index contributed by atoms with van der Waals surface area (Å²) in [6.45, 7) is 3.72. The molecule has 1 nitrogen and oxygen atoms in total. The van der Waals surface area contributed by atoms with E-state index in [4.69, 9.17) is 0 Å². The van der Waals surface area contributed by atoms with Crippen LogP contribution >= 0.6 is 25.3 Å². The van der Waals surface area contributed by atoms with E-state index in [1.54, 1.807) is 0 Å². The molecule has 0 aromatic rings. The fourth-order valence-corrected chi connectivity index (χ4v) is 2.47. The first kappa shape index (κ1) is 10.7. The third kappa shape index (κ3) is 3.58. The van der Waals surface area contributed by atoms with Crippen molar-refractivity contribution in [3.63, 3.8) is 0 Å². The molecule has 0 atom stereocenters. The molecule has 0 N–H and O–H groups in total. The van der Waals surface area contributed by atoms with Gasteiger partial charge in [-0.25, -0.2) is 0 Å². The van der Waals surface area contributed by atoms with Crippen molar-refractivity contribution in [1.82, 2.24) is 4.90 Å². The molecule has 0 spiro atoms. The molecule has 0 saturated carbocycles. The number of nitrogens with zero attached hydrogens (tertiary/aromatic N) is 1. The SMILES string of the molecule is SCCC1CCN(CCS)CC1. The number of piperidine rings is 1. The Hall–Kier alpha value is 0.660. The summed E-state index contributed by atoms with van der Waals surface area (Å²) in [5.41, 5.74) is 0. The van der Waals surface area contributed by atoms with E-state index in [1.165, 1.54) is 32.4 Å². The van der Waals surface area contributed by atoms with Gasteiger partial charge in [-0.05, 0) is 44.0 Å². The predicted molar refractivity (Wildman–Crippen MR) is 61.5 cm³/mol. The van der Waals surface area contributed by atoms with Crippen molar-refractivity contribution in [1.29, 1.82) is 0 Å². The minimum Gasteiger partial charge on any atom is -0.303 e. The van der Waals surface area contributed by atoms with Crippen molar-refractivity contribution in [2.75, 3.05) is 31.1 Å². The standard InChI is InChI=1S/C9H19NS2/c11-7-3-9-1-4-10(5-2-9)6-8-12/h9,11-12H,1-8H2. The molecule has 1 heterocycles. The van der Waals surface area contributed by atoms with Crippen LogP contribution in [0, 0.1) is 5.92 Å². The molecule has 0 aromatic heterocycles. The highest BCUT2D eigenvalue weighted by molar-refractivity contribution is 7.80. The van der Waals surface area contributed by atoms with Crippen molar-refractivity contribution < 1.29 is 0 Å². The largest absolute Gasteiger partial charge is 0.303 e. The molecular weight excluding hydrogens is 186 g/mol. The second-order valence-corrected chi connectivity index (χ2v) is 4.42. The van der Waals surface area contributed by atoms with E-state index in [0.717, 1.165) is 24.0 Å². The lowest BCUT2D eigenvalue weighted by molar-refractivity contribution is 0.192. The Morgan fingerprint density at radius 2 is 1.75 bits per heavy atom. The van der Waals surface area contributed by atoms with Gasteiger partial charge in [0.05, 0.1) is 0 Å². The van der Waals surface area contributed by atoms with Gasteiger partial charge in [0.2, 0.25) is 0 Å². The Bertz CT molecular complexity index is 97.1. The summed E-state index contributed by atoms with van der Waals surface area (Å²) in [5.74, 6) is 2.99. The molecular formula is C9H19NS2. The van der Waals surface area contributed by atoms with E-state index >= 15 is 0 Å². The van der Waals surface area contributed by atoms with Gasteiger partial charge in [0.25, 0.3) is 0 Å². The van der Waals surface area contributed by atoms with Gasteiger partial charge in [0.15, 0.2) is 0 Å². The molecule has 0 amide bonds. The molecule has 1 aliphatic heterocycles. The molecule has 0 unspecified atom stereocenters. The molecule has 0 aliphatic carbocycles. The van der Waals surface area contributed by atoms with Gasteiger partial charge in [-0.3, -0.25) is 0 Å². The van der Waals surface area contributed by atoms with Gasteiger partial charge in [-0.1, -0.05) is 0 Å². The smallest absolute Gasteiger partial charge is 0.00698 e. The van der Waals surface area contributed by atoms with E-state index in [1.807, 2.05) is 0 Å². The number of likely N-dealkylation sites (tertiary alicyclic amines) is 1. The van der Waals surface area contributed by atoms with Crippen molar-refractivity contribution >= 4 is 25.3 Å². The van der Waals surface area contributed by atoms with E-state index in [9.17, 15) is 0 Å².